The van der Waals surface area contributed by atoms with Crippen LogP contribution in [0.25, 0.3) is 0 Å². The van der Waals surface area contributed by atoms with Crippen molar-refractivity contribution in [2.75, 3.05) is 5.32 Å². The van der Waals surface area contributed by atoms with Gasteiger partial charge in [0.1, 0.15) is 5.69 Å². The van der Waals surface area contributed by atoms with E-state index in [1.165, 1.54) is 0 Å². The van der Waals surface area contributed by atoms with Gasteiger partial charge in [-0.05, 0) is 46.3 Å². The number of carbonyl (C=O) groups excluding carboxylic acids is 1. The van der Waals surface area contributed by atoms with Gasteiger partial charge in [-0.2, -0.15) is 0 Å². The maximum atomic E-state index is 11.7. The van der Waals surface area contributed by atoms with Crippen LogP contribution in [0.1, 0.15) is 10.5 Å². The molecule has 2 aromatic rings. The van der Waals surface area contributed by atoms with Crippen molar-refractivity contribution in [2.24, 2.45) is 0 Å². The van der Waals surface area contributed by atoms with Crippen LogP contribution < -0.4 is 5.32 Å². The second-order valence-corrected chi connectivity index (χ2v) is 4.43. The fourth-order valence-electron chi connectivity index (χ4n) is 1.24. The average Bonchev–Trinajstić information content (AvgIpc) is 2.77. The van der Waals surface area contributed by atoms with E-state index in [1.807, 2.05) is 0 Å². The van der Waals surface area contributed by atoms with Gasteiger partial charge < -0.3 is 10.3 Å². The number of aromatic amines is 1. The molecule has 0 fully saturated rings. The van der Waals surface area contributed by atoms with Crippen molar-refractivity contribution in [3.63, 3.8) is 0 Å². The Morgan fingerprint density at radius 1 is 1.38 bits per heavy atom. The lowest BCUT2D eigenvalue weighted by atomic mass is 10.3. The lowest BCUT2D eigenvalue weighted by molar-refractivity contribution is 0.102. The molecule has 0 saturated carbocycles. The third-order valence-electron chi connectivity index (χ3n) is 2.02. The summed E-state index contributed by atoms with van der Waals surface area (Å²) < 4.78 is 0.749. The van der Waals surface area contributed by atoms with Crippen LogP contribution in [-0.2, 0) is 0 Å². The highest BCUT2D eigenvalue weighted by molar-refractivity contribution is 9.10. The molecule has 82 valence electrons. The van der Waals surface area contributed by atoms with Gasteiger partial charge in [-0.3, -0.25) is 4.79 Å². The molecule has 1 amide bonds. The fourth-order valence-corrected chi connectivity index (χ4v) is 1.74. The number of hydrogen-bond acceptors (Lipinski definition) is 1. The third kappa shape index (κ3) is 2.46. The van der Waals surface area contributed by atoms with Gasteiger partial charge in [-0.15, -0.1) is 0 Å². The van der Waals surface area contributed by atoms with E-state index in [4.69, 9.17) is 11.6 Å². The van der Waals surface area contributed by atoms with Crippen molar-refractivity contribution in [3.05, 3.63) is 51.7 Å². The molecule has 2 N–H and O–H groups in total. The number of rotatable bonds is 2. The van der Waals surface area contributed by atoms with Gasteiger partial charge in [0, 0.05) is 16.4 Å². The first-order chi connectivity index (χ1) is 7.66. The zero-order chi connectivity index (χ0) is 11.5. The standard InChI is InChI=1S/C11H8BrClN2O/c12-8-6-7(3-4-9(8)13)15-11(16)10-2-1-5-14-10/h1-6,14H,(H,15,16). The zero-order valence-electron chi connectivity index (χ0n) is 8.13. The summed E-state index contributed by atoms with van der Waals surface area (Å²) in [6.45, 7) is 0. The first-order valence-electron chi connectivity index (χ1n) is 4.56. The third-order valence-corrected chi connectivity index (χ3v) is 3.23. The van der Waals surface area contributed by atoms with Crippen molar-refractivity contribution in [1.29, 1.82) is 0 Å². The van der Waals surface area contributed by atoms with Gasteiger partial charge in [-0.1, -0.05) is 11.6 Å². The minimum absolute atomic E-state index is 0.181. The van der Waals surface area contributed by atoms with Gasteiger partial charge in [-0.25, -0.2) is 0 Å². The summed E-state index contributed by atoms with van der Waals surface area (Å²) in [5.41, 5.74) is 1.21. The minimum Gasteiger partial charge on any atom is -0.357 e. The van der Waals surface area contributed by atoms with Crippen LogP contribution >= 0.6 is 27.5 Å². The van der Waals surface area contributed by atoms with Crippen molar-refractivity contribution in [1.82, 2.24) is 4.98 Å². The molecule has 5 heteroatoms. The largest absolute Gasteiger partial charge is 0.357 e. The minimum atomic E-state index is -0.181. The summed E-state index contributed by atoms with van der Waals surface area (Å²) >= 11 is 9.14. The molecule has 3 nitrogen and oxygen atoms in total. The van der Waals surface area contributed by atoms with Crippen molar-refractivity contribution < 1.29 is 4.79 Å². The second-order valence-electron chi connectivity index (χ2n) is 3.17. The summed E-state index contributed by atoms with van der Waals surface area (Å²) in [6, 6.07) is 8.69. The highest BCUT2D eigenvalue weighted by Gasteiger charge is 2.07. The number of aromatic nitrogens is 1. The molecule has 0 spiro atoms. The number of halogens is 2. The molecule has 0 radical (unpaired) electrons. The number of carbonyl (C=O) groups is 1. The van der Waals surface area contributed by atoms with E-state index < -0.39 is 0 Å². The van der Waals surface area contributed by atoms with Crippen LogP contribution in [-0.4, -0.2) is 10.9 Å². The quantitative estimate of drug-likeness (QED) is 0.873. The Morgan fingerprint density at radius 3 is 2.81 bits per heavy atom. The molecule has 0 aliphatic heterocycles. The highest BCUT2D eigenvalue weighted by Crippen LogP contribution is 2.25. The summed E-state index contributed by atoms with van der Waals surface area (Å²) in [4.78, 5) is 14.5. The Bertz CT molecular complexity index is 511. The molecule has 0 aliphatic rings. The van der Waals surface area contributed by atoms with Crippen molar-refractivity contribution in [2.45, 2.75) is 0 Å². The first kappa shape index (κ1) is 11.2. The van der Waals surface area contributed by atoms with Crippen LogP contribution in [0.3, 0.4) is 0 Å². The van der Waals surface area contributed by atoms with Crippen molar-refractivity contribution in [3.8, 4) is 0 Å². The first-order valence-corrected chi connectivity index (χ1v) is 5.74. The molecule has 0 unspecified atom stereocenters. The van der Waals surface area contributed by atoms with Gasteiger partial charge in [0.2, 0.25) is 0 Å². The van der Waals surface area contributed by atoms with Crippen molar-refractivity contribution >= 4 is 39.1 Å². The highest BCUT2D eigenvalue weighted by atomic mass is 79.9. The van der Waals surface area contributed by atoms with Crippen LogP contribution in [0.4, 0.5) is 5.69 Å². The molecule has 1 aromatic heterocycles. The molecule has 1 aromatic carbocycles. The number of anilines is 1. The summed E-state index contributed by atoms with van der Waals surface area (Å²) in [5, 5.41) is 3.36. The van der Waals surface area contributed by atoms with E-state index >= 15 is 0 Å². The average molecular weight is 300 g/mol. The van der Waals surface area contributed by atoms with Gasteiger partial charge in [0.25, 0.3) is 5.91 Å². The Labute approximate surface area is 106 Å². The smallest absolute Gasteiger partial charge is 0.272 e. The molecular weight excluding hydrogens is 291 g/mol. The lowest BCUT2D eigenvalue weighted by Gasteiger charge is -2.04. The molecular formula is C11H8BrClN2O. The topological polar surface area (TPSA) is 44.9 Å². The predicted molar refractivity (Wildman–Crippen MR) is 67.9 cm³/mol. The molecule has 0 aliphatic carbocycles. The monoisotopic (exact) mass is 298 g/mol. The molecule has 16 heavy (non-hydrogen) atoms. The Kier molecular flexibility index (Phi) is 3.31. The Morgan fingerprint density at radius 2 is 2.19 bits per heavy atom. The normalized spacial score (nSPS) is 10.1. The summed E-state index contributed by atoms with van der Waals surface area (Å²) in [5.74, 6) is -0.181. The number of benzene rings is 1. The summed E-state index contributed by atoms with van der Waals surface area (Å²) in [7, 11) is 0. The number of H-pyrrole nitrogens is 1. The lowest BCUT2D eigenvalue weighted by Crippen LogP contribution is -2.11. The SMILES string of the molecule is O=C(Nc1ccc(Cl)c(Br)c1)c1ccc[nH]1. The Balaban J connectivity index is 2.15. The van der Waals surface area contributed by atoms with E-state index in [0.29, 0.717) is 16.4 Å². The molecule has 2 rings (SSSR count). The number of amides is 1. The van der Waals surface area contributed by atoms with Gasteiger partial charge >= 0.3 is 0 Å². The van der Waals surface area contributed by atoms with Crippen LogP contribution in [0, 0.1) is 0 Å². The van der Waals surface area contributed by atoms with Crippen LogP contribution in [0.2, 0.25) is 5.02 Å². The fraction of sp³-hybridized carbons (Fsp3) is 0. The van der Waals surface area contributed by atoms with Crippen LogP contribution in [0.15, 0.2) is 41.0 Å². The molecule has 0 saturated heterocycles. The van der Waals surface area contributed by atoms with E-state index in [1.54, 1.807) is 36.5 Å². The van der Waals surface area contributed by atoms with E-state index in [0.717, 1.165) is 4.47 Å². The number of nitrogens with one attached hydrogen (secondary N) is 2. The second kappa shape index (κ2) is 4.72. The van der Waals surface area contributed by atoms with E-state index in [2.05, 4.69) is 26.2 Å². The van der Waals surface area contributed by atoms with E-state index in [9.17, 15) is 4.79 Å². The van der Waals surface area contributed by atoms with Crippen LogP contribution in [0.5, 0.6) is 0 Å². The molecule has 0 bridgehead atoms. The van der Waals surface area contributed by atoms with E-state index in [-0.39, 0.29) is 5.91 Å². The molecule has 1 heterocycles. The van der Waals surface area contributed by atoms with Gasteiger partial charge in [0.15, 0.2) is 0 Å². The predicted octanol–water partition coefficient (Wildman–Crippen LogP) is 3.68. The summed E-state index contributed by atoms with van der Waals surface area (Å²) in [6.07, 6.45) is 1.70. The molecule has 0 atom stereocenters. The number of hydrogen-bond donors (Lipinski definition) is 2. The maximum Gasteiger partial charge on any atom is 0.272 e. The van der Waals surface area contributed by atoms with Gasteiger partial charge in [0.05, 0.1) is 5.02 Å². The maximum absolute atomic E-state index is 11.7. The zero-order valence-corrected chi connectivity index (χ0v) is 10.5. The Hall–Kier alpha value is -1.26.